The van der Waals surface area contributed by atoms with Crippen molar-refractivity contribution in [3.8, 4) is 44.6 Å². The molecular weight excluding hydrogens is 833 g/mol. The Morgan fingerprint density at radius 2 is 1.61 bits per heavy atom. The third-order valence-corrected chi connectivity index (χ3v) is 13.9. The first-order valence-corrected chi connectivity index (χ1v) is 23.5. The fourth-order valence-corrected chi connectivity index (χ4v) is 10.2. The zero-order valence-corrected chi connectivity index (χ0v) is 38.9. The highest BCUT2D eigenvalue weighted by Gasteiger charge is 2.21. The topological polar surface area (TPSA) is 157 Å². The van der Waals surface area contributed by atoms with Gasteiger partial charge < -0.3 is 19.9 Å². The van der Waals surface area contributed by atoms with E-state index >= 15 is 0 Å². The molecule has 0 bridgehead atoms. The Hall–Kier alpha value is -6.61. The van der Waals surface area contributed by atoms with Gasteiger partial charge in [-0.15, -0.1) is 23.1 Å². The van der Waals surface area contributed by atoms with Crippen LogP contribution in [-0.2, 0) is 7.05 Å². The molecule has 64 heavy (non-hydrogen) atoms. The Bertz CT molecular complexity index is 3360. The van der Waals surface area contributed by atoms with E-state index in [0.29, 0.717) is 10.9 Å². The lowest BCUT2D eigenvalue weighted by Gasteiger charge is -2.14. The minimum absolute atomic E-state index is 0.599. The van der Waals surface area contributed by atoms with E-state index in [4.69, 9.17) is 0 Å². The number of hydrogen-bond acceptors (Lipinski definition) is 9. The number of allylic oxidation sites excluding steroid dienone is 3. The average Bonchev–Trinajstić information content (AvgIpc) is 4.20. The first-order chi connectivity index (χ1) is 31.2. The number of thioether (sulfide) groups is 1. The van der Waals surface area contributed by atoms with Gasteiger partial charge in [0.25, 0.3) is 0 Å². The molecule has 12 nitrogen and oxygen atoms in total. The van der Waals surface area contributed by atoms with Gasteiger partial charge in [-0.2, -0.15) is 10.2 Å². The minimum Gasteiger partial charge on any atom is -0.353 e. The molecule has 1 atom stereocenters. The van der Waals surface area contributed by atoms with Crippen LogP contribution in [-0.4, -0.2) is 73.2 Å². The van der Waals surface area contributed by atoms with E-state index in [1.165, 1.54) is 25.8 Å². The second-order valence-corrected chi connectivity index (χ2v) is 18.5. The first-order valence-electron chi connectivity index (χ1n) is 21.8. The van der Waals surface area contributed by atoms with Crippen molar-refractivity contribution < 1.29 is 0 Å². The first kappa shape index (κ1) is 42.7. The molecule has 0 aliphatic carbocycles. The summed E-state index contributed by atoms with van der Waals surface area (Å²) in [6, 6.07) is 14.8. The second-order valence-electron chi connectivity index (χ2n) is 15.7. The number of imidazole rings is 1. The summed E-state index contributed by atoms with van der Waals surface area (Å²) in [4.78, 5) is 29.1. The monoisotopic (exact) mass is 884 g/mol. The van der Waals surface area contributed by atoms with Crippen LogP contribution in [0.4, 0.5) is 0 Å². The number of aromatic amines is 4. The van der Waals surface area contributed by atoms with Crippen molar-refractivity contribution in [1.29, 1.82) is 0 Å². The van der Waals surface area contributed by atoms with E-state index in [2.05, 4.69) is 142 Å². The number of nitrogens with zero attached hydrogens (tertiary/aromatic N) is 7. The number of hydrogen-bond donors (Lipinski definition) is 5. The molecule has 0 saturated carbocycles. The van der Waals surface area contributed by atoms with Gasteiger partial charge in [-0.25, -0.2) is 9.97 Å². The van der Waals surface area contributed by atoms with Crippen molar-refractivity contribution in [3.63, 3.8) is 0 Å². The van der Waals surface area contributed by atoms with Gasteiger partial charge in [0, 0.05) is 85.2 Å². The summed E-state index contributed by atoms with van der Waals surface area (Å²) >= 11 is 3.65. The third kappa shape index (κ3) is 8.20. The average molecular weight is 885 g/mol. The predicted molar refractivity (Wildman–Crippen MR) is 267 cm³/mol. The van der Waals surface area contributed by atoms with Crippen LogP contribution in [0.15, 0.2) is 96.6 Å². The second kappa shape index (κ2) is 18.2. The Morgan fingerprint density at radius 1 is 0.844 bits per heavy atom. The number of rotatable bonds is 7. The van der Waals surface area contributed by atoms with Gasteiger partial charge in [-0.1, -0.05) is 45.6 Å². The van der Waals surface area contributed by atoms with Gasteiger partial charge in [-0.3, -0.25) is 20.2 Å². The molecule has 324 valence electrons. The number of pyridine rings is 3. The molecule has 0 amide bonds. The highest BCUT2D eigenvalue weighted by atomic mass is 32.2. The Kier molecular flexibility index (Phi) is 12.2. The van der Waals surface area contributed by atoms with Crippen molar-refractivity contribution in [2.24, 2.45) is 7.05 Å². The molecule has 11 heterocycles. The maximum absolute atomic E-state index is 4.69. The van der Waals surface area contributed by atoms with E-state index in [1.54, 1.807) is 11.3 Å². The molecule has 9 aromatic heterocycles. The number of nitrogens with one attached hydrogen (secondary N) is 5. The molecule has 0 radical (unpaired) electrons. The van der Waals surface area contributed by atoms with Crippen LogP contribution in [0.2, 0.25) is 0 Å². The van der Waals surface area contributed by atoms with E-state index in [-0.39, 0.29) is 0 Å². The number of aryl methyl sites for hydroxylation is 2. The number of aromatic nitrogens is 11. The Morgan fingerprint density at radius 3 is 2.30 bits per heavy atom. The van der Waals surface area contributed by atoms with E-state index in [1.807, 2.05) is 76.5 Å². The normalized spacial score (nSPS) is 15.6. The number of fused-ring (bicyclic) bond motifs is 3. The summed E-state index contributed by atoms with van der Waals surface area (Å²) in [5, 5.41) is 24.3. The van der Waals surface area contributed by atoms with Gasteiger partial charge in [0.2, 0.25) is 0 Å². The largest absolute Gasteiger partial charge is 0.353 e. The fourth-order valence-electron chi connectivity index (χ4n) is 8.23. The lowest BCUT2D eigenvalue weighted by atomic mass is 9.98. The molecule has 0 spiro atoms. The Balaban J connectivity index is 0.000000156. The molecule has 9 aromatic rings. The van der Waals surface area contributed by atoms with Crippen molar-refractivity contribution >= 4 is 73.5 Å². The SMILES string of the molecule is C=c1[nH]nc(-c2cc3c(-c4ccc(C)s4)nccc3[nH]2)/c1=C/C(=C\C)C1=CCNCC1.CC.Cc1ncc(-c2cnc3n[nH]c(-c4cc5c(C6=CCC(C)S6)nccc5[nH]4)c3c2)n1C. The summed E-state index contributed by atoms with van der Waals surface area (Å²) in [7, 11) is 2.01. The molecule has 2 aliphatic rings. The molecule has 2 aliphatic heterocycles. The maximum Gasteiger partial charge on any atom is 0.181 e. The summed E-state index contributed by atoms with van der Waals surface area (Å²) in [6.07, 6.45) is 18.5. The zero-order valence-electron chi connectivity index (χ0n) is 37.2. The molecule has 0 fully saturated rings. The molecular formula is C50H52N12S2. The third-order valence-electron chi connectivity index (χ3n) is 11.6. The van der Waals surface area contributed by atoms with Crippen LogP contribution >= 0.6 is 23.1 Å². The Labute approximate surface area is 379 Å². The molecule has 5 N–H and O–H groups in total. The fraction of sp³-hybridized carbons (Fsp3) is 0.240. The molecule has 11 rings (SSSR count). The number of thiophene rings is 1. The van der Waals surface area contributed by atoms with Crippen molar-refractivity contribution in [1.82, 2.24) is 60.2 Å². The van der Waals surface area contributed by atoms with Crippen LogP contribution < -0.4 is 15.9 Å². The van der Waals surface area contributed by atoms with Crippen molar-refractivity contribution in [2.45, 2.75) is 59.6 Å². The van der Waals surface area contributed by atoms with Crippen LogP contribution in [0, 0.1) is 13.8 Å². The highest BCUT2D eigenvalue weighted by Crippen LogP contribution is 2.42. The quantitative estimate of drug-likeness (QED) is 0.106. The van der Waals surface area contributed by atoms with Gasteiger partial charge in [0.05, 0.1) is 50.6 Å². The van der Waals surface area contributed by atoms with Gasteiger partial charge >= 0.3 is 0 Å². The highest BCUT2D eigenvalue weighted by molar-refractivity contribution is 8.09. The van der Waals surface area contributed by atoms with Crippen LogP contribution in [0.5, 0.6) is 0 Å². The lowest BCUT2D eigenvalue weighted by molar-refractivity contribution is 0.710. The van der Waals surface area contributed by atoms with Crippen molar-refractivity contribution in [2.75, 3.05) is 13.1 Å². The standard InChI is InChI=1S/C25H25N5S.C23H21N7S.C2H6/c1-4-17(18-7-10-26-11-8-18)13-19-16(3)29-30-24(19)22-14-20-21(28-22)9-12-27-25(20)23-6-5-15(2)31-23;1-12-4-5-20(31-12)22-15-9-18(27-17(15)6-7-24-22)21-16-8-14(10-26-23(16)29-28-21)19-11-25-13(2)30(19)3;1-2/h4-7,9,12-14,26,28-29H,3,8,10-11H2,1-2H3;5-12,27H,4H2,1-3H3,(H,26,28,29);1-2H3/b17-4+,19-13+;;. The van der Waals surface area contributed by atoms with Crippen LogP contribution in [0.25, 0.3) is 95.0 Å². The van der Waals surface area contributed by atoms with Gasteiger partial charge in [0.1, 0.15) is 11.5 Å². The molecule has 0 aromatic carbocycles. The minimum atomic E-state index is 0.599. The smallest absolute Gasteiger partial charge is 0.181 e. The summed E-state index contributed by atoms with van der Waals surface area (Å²) in [5.74, 6) is 0.964. The predicted octanol–water partition coefficient (Wildman–Crippen LogP) is 10.1. The van der Waals surface area contributed by atoms with E-state index < -0.39 is 0 Å². The van der Waals surface area contributed by atoms with Crippen molar-refractivity contribution in [3.05, 3.63) is 124 Å². The zero-order chi connectivity index (χ0) is 44.5. The van der Waals surface area contributed by atoms with Crippen LogP contribution in [0.3, 0.4) is 0 Å². The van der Waals surface area contributed by atoms with Gasteiger partial charge in [0.15, 0.2) is 5.65 Å². The summed E-state index contributed by atoms with van der Waals surface area (Å²) < 4.78 is 2.07. The molecule has 0 saturated heterocycles. The summed E-state index contributed by atoms with van der Waals surface area (Å²) in [6.45, 7) is 18.6. The molecule has 1 unspecified atom stereocenters. The van der Waals surface area contributed by atoms with Gasteiger partial charge in [-0.05, 0) is 99.8 Å². The maximum atomic E-state index is 4.69. The summed E-state index contributed by atoms with van der Waals surface area (Å²) in [5.41, 5.74) is 13.2. The lowest BCUT2D eigenvalue weighted by Crippen LogP contribution is -2.24. The molecule has 14 heteroatoms. The van der Waals surface area contributed by atoms with E-state index in [9.17, 15) is 0 Å². The van der Waals surface area contributed by atoms with E-state index in [0.717, 1.165) is 115 Å². The van der Waals surface area contributed by atoms with Crippen LogP contribution in [0.1, 0.15) is 56.9 Å². The number of H-pyrrole nitrogens is 4.